The summed E-state index contributed by atoms with van der Waals surface area (Å²) in [5.41, 5.74) is 6.33. The van der Waals surface area contributed by atoms with Gasteiger partial charge in [-0.05, 0) is 31.5 Å². The molecule has 0 aliphatic heterocycles. The second-order valence-electron chi connectivity index (χ2n) is 4.01. The number of fused-ring (bicyclic) bond motifs is 1. The van der Waals surface area contributed by atoms with Crippen molar-refractivity contribution in [1.29, 1.82) is 0 Å². The SMILES string of the molecule is NCCCCCC(=O)c1nc2ccccc2s1. The summed E-state index contributed by atoms with van der Waals surface area (Å²) in [6.45, 7) is 0.704. The highest BCUT2D eigenvalue weighted by Crippen LogP contribution is 2.22. The minimum absolute atomic E-state index is 0.156. The van der Waals surface area contributed by atoms with Gasteiger partial charge in [0.1, 0.15) is 0 Å². The van der Waals surface area contributed by atoms with Gasteiger partial charge in [-0.3, -0.25) is 4.79 Å². The van der Waals surface area contributed by atoms with Crippen LogP contribution < -0.4 is 5.73 Å². The van der Waals surface area contributed by atoms with Crippen LogP contribution in [0.25, 0.3) is 10.2 Å². The fourth-order valence-corrected chi connectivity index (χ4v) is 2.64. The fraction of sp³-hybridized carbons (Fsp3) is 0.385. The topological polar surface area (TPSA) is 56.0 Å². The third-order valence-electron chi connectivity index (χ3n) is 2.64. The van der Waals surface area contributed by atoms with Crippen molar-refractivity contribution >= 4 is 27.3 Å². The average Bonchev–Trinajstić information content (AvgIpc) is 2.78. The fourth-order valence-electron chi connectivity index (χ4n) is 1.71. The van der Waals surface area contributed by atoms with E-state index in [1.54, 1.807) is 0 Å². The number of carbonyl (C=O) groups is 1. The smallest absolute Gasteiger partial charge is 0.191 e. The molecule has 4 heteroatoms. The van der Waals surface area contributed by atoms with Crippen molar-refractivity contribution in [1.82, 2.24) is 4.98 Å². The maximum Gasteiger partial charge on any atom is 0.191 e. The van der Waals surface area contributed by atoms with Gasteiger partial charge in [0, 0.05) is 6.42 Å². The van der Waals surface area contributed by atoms with E-state index in [1.807, 2.05) is 24.3 Å². The molecule has 2 aromatic rings. The lowest BCUT2D eigenvalue weighted by molar-refractivity contribution is 0.0979. The molecule has 0 saturated heterocycles. The maximum atomic E-state index is 11.9. The van der Waals surface area contributed by atoms with E-state index >= 15 is 0 Å². The van der Waals surface area contributed by atoms with Crippen molar-refractivity contribution in [3.8, 4) is 0 Å². The van der Waals surface area contributed by atoms with Crippen molar-refractivity contribution in [3.63, 3.8) is 0 Å². The van der Waals surface area contributed by atoms with E-state index in [0.29, 0.717) is 18.0 Å². The normalized spacial score (nSPS) is 10.9. The van der Waals surface area contributed by atoms with Gasteiger partial charge in [0.2, 0.25) is 0 Å². The van der Waals surface area contributed by atoms with Gasteiger partial charge in [-0.25, -0.2) is 4.98 Å². The Morgan fingerprint density at radius 3 is 2.82 bits per heavy atom. The molecule has 1 aromatic heterocycles. The molecule has 0 unspecified atom stereocenters. The number of para-hydroxylation sites is 1. The molecule has 3 nitrogen and oxygen atoms in total. The maximum absolute atomic E-state index is 11.9. The van der Waals surface area contributed by atoms with Crippen LogP contribution >= 0.6 is 11.3 Å². The van der Waals surface area contributed by atoms with Gasteiger partial charge in [-0.15, -0.1) is 11.3 Å². The molecule has 0 amide bonds. The lowest BCUT2D eigenvalue weighted by atomic mass is 10.1. The number of benzene rings is 1. The van der Waals surface area contributed by atoms with Crippen molar-refractivity contribution in [3.05, 3.63) is 29.3 Å². The Balaban J connectivity index is 1.99. The minimum Gasteiger partial charge on any atom is -0.330 e. The monoisotopic (exact) mass is 248 g/mol. The number of nitrogens with two attached hydrogens (primary N) is 1. The number of rotatable bonds is 6. The number of carbonyl (C=O) groups excluding carboxylic acids is 1. The number of ketones is 1. The van der Waals surface area contributed by atoms with Gasteiger partial charge in [-0.2, -0.15) is 0 Å². The first-order valence-corrected chi connectivity index (χ1v) is 6.72. The molecule has 0 atom stereocenters. The zero-order chi connectivity index (χ0) is 12.1. The molecule has 0 fully saturated rings. The number of thiazole rings is 1. The first-order chi connectivity index (χ1) is 8.31. The number of nitrogens with zero attached hydrogens (tertiary/aromatic N) is 1. The summed E-state index contributed by atoms with van der Waals surface area (Å²) in [5, 5.41) is 0.638. The van der Waals surface area contributed by atoms with E-state index in [-0.39, 0.29) is 5.78 Å². The molecule has 0 bridgehead atoms. The van der Waals surface area contributed by atoms with Crippen LogP contribution in [0.15, 0.2) is 24.3 Å². The second-order valence-corrected chi connectivity index (χ2v) is 5.04. The lowest BCUT2D eigenvalue weighted by Gasteiger charge is -1.96. The summed E-state index contributed by atoms with van der Waals surface area (Å²) >= 11 is 1.48. The zero-order valence-corrected chi connectivity index (χ0v) is 10.5. The third kappa shape index (κ3) is 3.11. The molecule has 90 valence electrons. The van der Waals surface area contributed by atoms with Crippen LogP contribution in [0.4, 0.5) is 0 Å². The summed E-state index contributed by atoms with van der Waals surface area (Å²) in [4.78, 5) is 16.2. The molecule has 0 aliphatic rings. The largest absolute Gasteiger partial charge is 0.330 e. The van der Waals surface area contributed by atoms with E-state index in [2.05, 4.69) is 4.98 Å². The Morgan fingerprint density at radius 1 is 1.24 bits per heavy atom. The first-order valence-electron chi connectivity index (χ1n) is 5.90. The predicted octanol–water partition coefficient (Wildman–Crippen LogP) is 3.00. The van der Waals surface area contributed by atoms with Crippen LogP contribution in [0.3, 0.4) is 0 Å². The Kier molecular flexibility index (Phi) is 4.23. The van der Waals surface area contributed by atoms with Crippen LogP contribution in [0.2, 0.25) is 0 Å². The number of unbranched alkanes of at least 4 members (excludes halogenated alkanes) is 2. The van der Waals surface area contributed by atoms with Gasteiger partial charge in [0.05, 0.1) is 10.2 Å². The number of Topliss-reactive ketones (excluding diaryl/α,β-unsaturated/α-hetero) is 1. The summed E-state index contributed by atoms with van der Waals surface area (Å²) in [5.74, 6) is 0.156. The highest BCUT2D eigenvalue weighted by atomic mass is 32.1. The summed E-state index contributed by atoms with van der Waals surface area (Å²) in [6.07, 6.45) is 3.51. The number of hydrogen-bond acceptors (Lipinski definition) is 4. The van der Waals surface area contributed by atoms with E-state index in [1.165, 1.54) is 11.3 Å². The molecule has 1 heterocycles. The van der Waals surface area contributed by atoms with Crippen LogP contribution in [0.5, 0.6) is 0 Å². The lowest BCUT2D eigenvalue weighted by Crippen LogP contribution is -2.01. The second kappa shape index (κ2) is 5.89. The molecular formula is C13H16N2OS. The van der Waals surface area contributed by atoms with Crippen molar-refractivity contribution in [2.24, 2.45) is 5.73 Å². The van der Waals surface area contributed by atoms with E-state index in [4.69, 9.17) is 5.73 Å². The molecule has 0 aliphatic carbocycles. The van der Waals surface area contributed by atoms with Gasteiger partial charge in [-0.1, -0.05) is 18.6 Å². The van der Waals surface area contributed by atoms with Gasteiger partial charge < -0.3 is 5.73 Å². The van der Waals surface area contributed by atoms with Crippen LogP contribution in [0.1, 0.15) is 35.5 Å². The number of aromatic nitrogens is 1. The Morgan fingerprint density at radius 2 is 2.06 bits per heavy atom. The highest BCUT2D eigenvalue weighted by Gasteiger charge is 2.11. The predicted molar refractivity (Wildman–Crippen MR) is 71.5 cm³/mol. The molecule has 1 aromatic carbocycles. The van der Waals surface area contributed by atoms with Crippen LogP contribution in [-0.4, -0.2) is 17.3 Å². The quantitative estimate of drug-likeness (QED) is 0.631. The van der Waals surface area contributed by atoms with E-state index in [9.17, 15) is 4.79 Å². The minimum atomic E-state index is 0.156. The highest BCUT2D eigenvalue weighted by molar-refractivity contribution is 7.20. The summed E-state index contributed by atoms with van der Waals surface area (Å²) in [6, 6.07) is 7.85. The molecule has 17 heavy (non-hydrogen) atoms. The summed E-state index contributed by atoms with van der Waals surface area (Å²) in [7, 11) is 0. The van der Waals surface area contributed by atoms with Gasteiger partial charge in [0.25, 0.3) is 0 Å². The van der Waals surface area contributed by atoms with Crippen molar-refractivity contribution < 1.29 is 4.79 Å². The molecule has 0 saturated carbocycles. The number of hydrogen-bond donors (Lipinski definition) is 1. The Hall–Kier alpha value is -1.26. The van der Waals surface area contributed by atoms with Crippen molar-refractivity contribution in [2.45, 2.75) is 25.7 Å². The standard InChI is InChI=1S/C13H16N2OS/c14-9-5-1-2-7-11(16)13-15-10-6-3-4-8-12(10)17-13/h3-4,6,8H,1-2,5,7,9,14H2. The van der Waals surface area contributed by atoms with Crippen LogP contribution in [0, 0.1) is 0 Å². The van der Waals surface area contributed by atoms with Gasteiger partial charge in [0.15, 0.2) is 10.8 Å². The molecule has 0 radical (unpaired) electrons. The first kappa shape index (κ1) is 12.2. The molecule has 2 rings (SSSR count). The summed E-state index contributed by atoms with van der Waals surface area (Å²) < 4.78 is 1.08. The Bertz CT molecular complexity index is 474. The molecule has 2 N–H and O–H groups in total. The van der Waals surface area contributed by atoms with Gasteiger partial charge >= 0.3 is 0 Å². The molecular weight excluding hydrogens is 232 g/mol. The van der Waals surface area contributed by atoms with Crippen LogP contribution in [-0.2, 0) is 0 Å². The van der Waals surface area contributed by atoms with E-state index in [0.717, 1.165) is 29.5 Å². The molecule has 0 spiro atoms. The Labute approximate surface area is 105 Å². The van der Waals surface area contributed by atoms with Crippen molar-refractivity contribution in [2.75, 3.05) is 6.54 Å². The zero-order valence-electron chi connectivity index (χ0n) is 9.69. The van der Waals surface area contributed by atoms with E-state index < -0.39 is 0 Å². The third-order valence-corrected chi connectivity index (χ3v) is 3.72. The average molecular weight is 248 g/mol.